The van der Waals surface area contributed by atoms with Gasteiger partial charge in [0.15, 0.2) is 0 Å². The van der Waals surface area contributed by atoms with Crippen molar-refractivity contribution >= 4 is 28.7 Å². The van der Waals surface area contributed by atoms with Crippen LogP contribution in [0.25, 0.3) is 16.7 Å². The van der Waals surface area contributed by atoms with Crippen LogP contribution in [0.2, 0.25) is 0 Å². The Morgan fingerprint density at radius 3 is 2.78 bits per heavy atom. The lowest BCUT2D eigenvalue weighted by Crippen LogP contribution is -2.23. The number of anilines is 1. The summed E-state index contributed by atoms with van der Waals surface area (Å²) in [5, 5.41) is 6.34. The van der Waals surface area contributed by atoms with E-state index in [0.717, 1.165) is 66.0 Å². The number of hydrogen-bond donors (Lipinski definition) is 2. The standard InChI is InChI=1S/C28H37N5O3/c1-18(2)27-32-25-19(16-29-13-8-6-7-12-24(35)36-28(3,4)5)10-9-11-22(25)33(27)21-14-20-15-23(34)31-26(20)30-17-21/h9-11,14,17-18,29H,6-8,12-13,15-16H2,1-5H3,(H,30,31,34). The fraction of sp³-hybridized carbons (Fsp3) is 0.500. The van der Waals surface area contributed by atoms with Gasteiger partial charge in [0, 0.05) is 24.4 Å². The Hall–Kier alpha value is -3.26. The van der Waals surface area contributed by atoms with E-state index in [1.165, 1.54) is 0 Å². The summed E-state index contributed by atoms with van der Waals surface area (Å²) in [6.07, 6.45) is 5.44. The van der Waals surface area contributed by atoms with E-state index in [9.17, 15) is 9.59 Å². The molecule has 0 aliphatic carbocycles. The number of esters is 1. The number of hydrogen-bond acceptors (Lipinski definition) is 6. The predicted molar refractivity (Wildman–Crippen MR) is 141 cm³/mol. The molecule has 0 saturated carbocycles. The lowest BCUT2D eigenvalue weighted by molar-refractivity contribution is -0.154. The second-order valence-corrected chi connectivity index (χ2v) is 10.7. The van der Waals surface area contributed by atoms with Gasteiger partial charge < -0.3 is 15.4 Å². The van der Waals surface area contributed by atoms with Crippen LogP contribution in [0.1, 0.15) is 83.2 Å². The van der Waals surface area contributed by atoms with Gasteiger partial charge in [-0.25, -0.2) is 9.97 Å². The zero-order chi connectivity index (χ0) is 25.9. The lowest BCUT2D eigenvalue weighted by Gasteiger charge is -2.19. The number of unbranched alkanes of at least 4 members (excludes halogenated alkanes) is 2. The summed E-state index contributed by atoms with van der Waals surface area (Å²) in [4.78, 5) is 33.2. The highest BCUT2D eigenvalue weighted by Gasteiger charge is 2.22. The molecule has 0 fully saturated rings. The predicted octanol–water partition coefficient (Wildman–Crippen LogP) is 5.03. The first-order valence-corrected chi connectivity index (χ1v) is 12.8. The maximum Gasteiger partial charge on any atom is 0.306 e. The van der Waals surface area contributed by atoms with Crippen LogP contribution in [-0.2, 0) is 27.3 Å². The van der Waals surface area contributed by atoms with Crippen LogP contribution in [0.3, 0.4) is 0 Å². The Morgan fingerprint density at radius 2 is 2.03 bits per heavy atom. The van der Waals surface area contributed by atoms with Crippen molar-refractivity contribution in [2.75, 3.05) is 11.9 Å². The van der Waals surface area contributed by atoms with E-state index in [0.29, 0.717) is 18.7 Å². The molecule has 0 atom stereocenters. The van der Waals surface area contributed by atoms with Gasteiger partial charge in [-0.3, -0.25) is 14.2 Å². The van der Waals surface area contributed by atoms with E-state index in [2.05, 4.69) is 52.2 Å². The van der Waals surface area contributed by atoms with Crippen molar-refractivity contribution in [1.82, 2.24) is 19.9 Å². The van der Waals surface area contributed by atoms with Crippen LogP contribution < -0.4 is 10.6 Å². The number of rotatable bonds is 10. The molecule has 0 spiro atoms. The molecule has 1 aromatic carbocycles. The third-order valence-corrected chi connectivity index (χ3v) is 6.10. The zero-order valence-corrected chi connectivity index (χ0v) is 22.0. The quantitative estimate of drug-likeness (QED) is 0.305. The third-order valence-electron chi connectivity index (χ3n) is 6.10. The largest absolute Gasteiger partial charge is 0.460 e. The minimum atomic E-state index is -0.421. The van der Waals surface area contributed by atoms with Gasteiger partial charge in [-0.2, -0.15) is 0 Å². The van der Waals surface area contributed by atoms with E-state index in [4.69, 9.17) is 9.72 Å². The van der Waals surface area contributed by atoms with Crippen LogP contribution in [-0.4, -0.2) is 38.6 Å². The van der Waals surface area contributed by atoms with E-state index >= 15 is 0 Å². The molecule has 1 amide bonds. The van der Waals surface area contributed by atoms with Gasteiger partial charge in [0.2, 0.25) is 5.91 Å². The number of aromatic nitrogens is 3. The van der Waals surface area contributed by atoms with E-state index in [-0.39, 0.29) is 17.8 Å². The van der Waals surface area contributed by atoms with Crippen LogP contribution >= 0.6 is 0 Å². The van der Waals surface area contributed by atoms with Crippen molar-refractivity contribution in [3.8, 4) is 5.69 Å². The molecule has 1 aliphatic heterocycles. The Bertz CT molecular complexity index is 1260. The van der Waals surface area contributed by atoms with Crippen LogP contribution in [0, 0.1) is 0 Å². The highest BCUT2D eigenvalue weighted by molar-refractivity contribution is 5.98. The molecule has 0 radical (unpaired) electrons. The average Bonchev–Trinajstić information content (AvgIpc) is 3.36. The maximum atomic E-state index is 11.8. The summed E-state index contributed by atoms with van der Waals surface area (Å²) < 4.78 is 7.53. The number of pyridine rings is 1. The Balaban J connectivity index is 1.41. The van der Waals surface area contributed by atoms with Gasteiger partial charge in [-0.15, -0.1) is 0 Å². The van der Waals surface area contributed by atoms with Crippen LogP contribution in [0.15, 0.2) is 30.5 Å². The van der Waals surface area contributed by atoms with Crippen molar-refractivity contribution in [1.29, 1.82) is 0 Å². The smallest absolute Gasteiger partial charge is 0.306 e. The minimum absolute atomic E-state index is 0.0209. The Morgan fingerprint density at radius 1 is 1.22 bits per heavy atom. The molecular weight excluding hydrogens is 454 g/mol. The van der Waals surface area contributed by atoms with Gasteiger partial charge in [0.05, 0.1) is 29.3 Å². The molecule has 8 nitrogen and oxygen atoms in total. The molecule has 192 valence electrons. The molecular formula is C28H37N5O3. The number of amides is 1. The maximum absolute atomic E-state index is 11.8. The molecule has 36 heavy (non-hydrogen) atoms. The average molecular weight is 492 g/mol. The highest BCUT2D eigenvalue weighted by atomic mass is 16.6. The second kappa shape index (κ2) is 10.8. The lowest BCUT2D eigenvalue weighted by atomic mass is 10.1. The Kier molecular flexibility index (Phi) is 7.73. The number of nitrogens with one attached hydrogen (secondary N) is 2. The third kappa shape index (κ3) is 6.10. The molecule has 2 aromatic heterocycles. The number of carbonyl (C=O) groups is 2. The van der Waals surface area contributed by atoms with E-state index in [1.807, 2.05) is 26.8 Å². The summed E-state index contributed by atoms with van der Waals surface area (Å²) in [5.41, 5.74) is 4.58. The summed E-state index contributed by atoms with van der Waals surface area (Å²) in [6, 6.07) is 8.30. The fourth-order valence-electron chi connectivity index (χ4n) is 4.50. The zero-order valence-electron chi connectivity index (χ0n) is 22.0. The molecule has 2 N–H and O–H groups in total. The molecule has 0 bridgehead atoms. The van der Waals surface area contributed by atoms with E-state index in [1.54, 1.807) is 6.20 Å². The van der Waals surface area contributed by atoms with Gasteiger partial charge in [0.1, 0.15) is 17.2 Å². The summed E-state index contributed by atoms with van der Waals surface area (Å²) in [6.45, 7) is 11.6. The number of benzene rings is 1. The van der Waals surface area contributed by atoms with Crippen LogP contribution in [0.4, 0.5) is 5.82 Å². The van der Waals surface area contributed by atoms with Gasteiger partial charge >= 0.3 is 5.97 Å². The number of ether oxygens (including phenoxy) is 1. The van der Waals surface area contributed by atoms with Gasteiger partial charge in [-0.05, 0) is 57.9 Å². The van der Waals surface area contributed by atoms with Crippen molar-refractivity contribution in [2.45, 2.75) is 84.8 Å². The highest BCUT2D eigenvalue weighted by Crippen LogP contribution is 2.30. The molecule has 4 rings (SSSR count). The fourth-order valence-corrected chi connectivity index (χ4v) is 4.50. The number of carbonyl (C=O) groups excluding carboxylic acids is 2. The van der Waals surface area contributed by atoms with Crippen molar-refractivity contribution < 1.29 is 14.3 Å². The SMILES string of the molecule is CC(C)c1nc2c(CNCCCCCC(=O)OC(C)(C)C)cccc2n1-c1cnc2c(c1)CC(=O)N2. The minimum Gasteiger partial charge on any atom is -0.460 e. The van der Waals surface area contributed by atoms with Gasteiger partial charge in [-0.1, -0.05) is 32.4 Å². The monoisotopic (exact) mass is 491 g/mol. The van der Waals surface area contributed by atoms with E-state index < -0.39 is 5.60 Å². The normalized spacial score (nSPS) is 13.3. The molecule has 3 aromatic rings. The van der Waals surface area contributed by atoms with Crippen molar-refractivity contribution in [3.63, 3.8) is 0 Å². The topological polar surface area (TPSA) is 98.1 Å². The molecule has 1 aliphatic rings. The van der Waals surface area contributed by atoms with Gasteiger partial charge in [0.25, 0.3) is 0 Å². The first-order valence-electron chi connectivity index (χ1n) is 12.8. The van der Waals surface area contributed by atoms with Crippen molar-refractivity contribution in [3.05, 3.63) is 47.4 Å². The molecule has 8 heteroatoms. The first-order chi connectivity index (χ1) is 17.1. The summed E-state index contributed by atoms with van der Waals surface area (Å²) >= 11 is 0. The summed E-state index contributed by atoms with van der Waals surface area (Å²) in [7, 11) is 0. The first kappa shape index (κ1) is 25.8. The Labute approximate surface area is 212 Å². The number of fused-ring (bicyclic) bond motifs is 2. The second-order valence-electron chi connectivity index (χ2n) is 10.7. The molecule has 3 heterocycles. The molecule has 0 saturated heterocycles. The van der Waals surface area contributed by atoms with Crippen LogP contribution in [0.5, 0.6) is 0 Å². The molecule has 0 unspecified atom stereocenters. The number of para-hydroxylation sites is 1. The summed E-state index contributed by atoms with van der Waals surface area (Å²) in [5.74, 6) is 1.69. The van der Waals surface area contributed by atoms with Crippen molar-refractivity contribution in [2.24, 2.45) is 0 Å². The number of nitrogens with zero attached hydrogens (tertiary/aromatic N) is 3. The number of imidazole rings is 1.